The van der Waals surface area contributed by atoms with Gasteiger partial charge in [-0.3, -0.25) is 9.59 Å². The van der Waals surface area contributed by atoms with Crippen LogP contribution in [0.25, 0.3) is 0 Å². The molecule has 1 aliphatic carbocycles. The summed E-state index contributed by atoms with van der Waals surface area (Å²) in [5.74, 6) is -0.560. The van der Waals surface area contributed by atoms with Crippen LogP contribution in [0.5, 0.6) is 0 Å². The molecule has 1 N–H and O–H groups in total. The number of carbonyl (C=O) groups excluding carboxylic acids is 2. The van der Waals surface area contributed by atoms with Gasteiger partial charge in [-0.2, -0.15) is 0 Å². The molecule has 0 aromatic heterocycles. The molecule has 0 aromatic carbocycles. The first-order chi connectivity index (χ1) is 28.8. The van der Waals surface area contributed by atoms with Crippen molar-refractivity contribution in [2.75, 3.05) is 33.9 Å². The number of allylic oxidation sites excluding steroid dienone is 4. The van der Waals surface area contributed by atoms with E-state index in [0.717, 1.165) is 64.3 Å². The van der Waals surface area contributed by atoms with E-state index in [2.05, 4.69) is 45.1 Å². The number of nitrogens with zero attached hydrogens (tertiary/aromatic N) is 1. The molecule has 1 rings (SSSR count). The lowest BCUT2D eigenvalue weighted by Gasteiger charge is -2.35. The van der Waals surface area contributed by atoms with Gasteiger partial charge in [-0.15, -0.1) is 0 Å². The molecule has 0 saturated heterocycles. The Kier molecular flexibility index (Phi) is 37.7. The van der Waals surface area contributed by atoms with Gasteiger partial charge in [0.15, 0.2) is 12.6 Å². The minimum atomic E-state index is -0.905. The van der Waals surface area contributed by atoms with Gasteiger partial charge >= 0.3 is 11.9 Å². The third-order valence-electron chi connectivity index (χ3n) is 11.1. The van der Waals surface area contributed by atoms with Crippen molar-refractivity contribution in [3.63, 3.8) is 0 Å². The highest BCUT2D eigenvalue weighted by molar-refractivity contribution is 5.70. The lowest BCUT2D eigenvalue weighted by molar-refractivity contribution is -0.187. The van der Waals surface area contributed by atoms with Crippen LogP contribution in [-0.2, 0) is 33.3 Å². The van der Waals surface area contributed by atoms with Crippen LogP contribution in [0.15, 0.2) is 24.3 Å². The first-order valence-corrected chi connectivity index (χ1v) is 24.7. The maximum Gasteiger partial charge on any atom is 0.306 e. The molecule has 0 aliphatic heterocycles. The molecule has 0 radical (unpaired) electrons. The predicted octanol–water partition coefficient (Wildman–Crippen LogP) is 12.7. The number of aliphatic hydroxyl groups is 1. The van der Waals surface area contributed by atoms with Gasteiger partial charge in [0.25, 0.3) is 0 Å². The zero-order valence-corrected chi connectivity index (χ0v) is 39.0. The summed E-state index contributed by atoms with van der Waals surface area (Å²) >= 11 is 0. The average Bonchev–Trinajstić information content (AvgIpc) is 3.20. The SMILES string of the molecule is CCCCC/C=C\C/C=C\CCCCCCCC(O)OC1CC(OC(=O)CCCN(C)C)CC(OC(=O)CCC(OCCCCCCCC)OCCCCCCCC)C1. The molecule has 1 fully saturated rings. The van der Waals surface area contributed by atoms with E-state index in [0.29, 0.717) is 58.2 Å². The molecule has 1 saturated carbocycles. The molecule has 4 atom stereocenters. The number of unbranched alkanes of at least 4 members (excludes halogenated alkanes) is 18. The van der Waals surface area contributed by atoms with E-state index in [1.165, 1.54) is 89.9 Å². The van der Waals surface area contributed by atoms with Crippen LogP contribution in [0.3, 0.4) is 0 Å². The predicted molar refractivity (Wildman–Crippen MR) is 243 cm³/mol. The summed E-state index contributed by atoms with van der Waals surface area (Å²) < 4.78 is 30.3. The van der Waals surface area contributed by atoms with Crippen molar-refractivity contribution < 1.29 is 38.4 Å². The van der Waals surface area contributed by atoms with Crippen molar-refractivity contribution >= 4 is 11.9 Å². The molecule has 0 bridgehead atoms. The van der Waals surface area contributed by atoms with E-state index in [9.17, 15) is 14.7 Å². The number of carbonyl (C=O) groups is 2. The molecular weight excluding hydrogens is 743 g/mol. The maximum atomic E-state index is 13.3. The summed E-state index contributed by atoms with van der Waals surface area (Å²) in [5.41, 5.74) is 0. The Morgan fingerprint density at radius 2 is 1.02 bits per heavy atom. The molecular formula is C50H93NO8. The summed E-state index contributed by atoms with van der Waals surface area (Å²) in [5, 5.41) is 10.9. The van der Waals surface area contributed by atoms with Crippen LogP contribution in [-0.4, -0.2) is 86.7 Å². The molecule has 0 aromatic rings. The molecule has 4 unspecified atom stereocenters. The zero-order chi connectivity index (χ0) is 43.0. The maximum absolute atomic E-state index is 13.3. The van der Waals surface area contributed by atoms with Crippen LogP contribution in [0.1, 0.15) is 220 Å². The third kappa shape index (κ3) is 35.5. The number of esters is 2. The molecule has 1 aliphatic rings. The van der Waals surface area contributed by atoms with Gasteiger partial charge in [0.1, 0.15) is 12.2 Å². The van der Waals surface area contributed by atoms with Crippen LogP contribution in [0.4, 0.5) is 0 Å². The summed E-state index contributed by atoms with van der Waals surface area (Å²) in [6.45, 7) is 8.76. The first kappa shape index (κ1) is 55.2. The highest BCUT2D eigenvalue weighted by Crippen LogP contribution is 2.29. The highest BCUT2D eigenvalue weighted by Gasteiger charge is 2.35. The van der Waals surface area contributed by atoms with E-state index in [-0.39, 0.29) is 24.5 Å². The van der Waals surface area contributed by atoms with Crippen molar-refractivity contribution in [1.82, 2.24) is 4.90 Å². The third-order valence-corrected chi connectivity index (χ3v) is 11.1. The molecule has 346 valence electrons. The standard InChI is InChI=1S/C50H93NO8/c1-6-9-12-15-18-19-20-21-22-23-24-25-26-27-30-34-47(52)57-44-41-45(58-48(53)35-33-38-51(4)5)43-46(42-44)59-49(54)36-37-50(55-39-31-28-16-13-10-7-2)56-40-32-29-17-14-11-8-3/h18-19,21-22,44-47,50,52H,6-17,20,23-43H2,1-5H3/b19-18-,22-21-. The first-order valence-electron chi connectivity index (χ1n) is 24.7. The van der Waals surface area contributed by atoms with E-state index in [4.69, 9.17) is 23.7 Å². The second-order valence-electron chi connectivity index (χ2n) is 17.3. The quantitative estimate of drug-likeness (QED) is 0.0279. The van der Waals surface area contributed by atoms with Crippen LogP contribution in [0.2, 0.25) is 0 Å². The van der Waals surface area contributed by atoms with E-state index in [1.807, 2.05) is 19.0 Å². The molecule has 9 heteroatoms. The van der Waals surface area contributed by atoms with Gasteiger partial charge in [0, 0.05) is 45.3 Å². The number of aliphatic hydroxyl groups excluding tert-OH is 1. The number of ether oxygens (including phenoxy) is 5. The molecule has 9 nitrogen and oxygen atoms in total. The Morgan fingerprint density at radius 3 is 1.58 bits per heavy atom. The highest BCUT2D eigenvalue weighted by atomic mass is 16.7. The Hall–Kier alpha value is -1.78. The fourth-order valence-electron chi connectivity index (χ4n) is 7.57. The number of rotatable bonds is 41. The van der Waals surface area contributed by atoms with Crippen molar-refractivity contribution in [2.24, 2.45) is 0 Å². The van der Waals surface area contributed by atoms with Crippen LogP contribution >= 0.6 is 0 Å². The van der Waals surface area contributed by atoms with Crippen molar-refractivity contribution in [2.45, 2.75) is 251 Å². The van der Waals surface area contributed by atoms with Crippen molar-refractivity contribution in [1.29, 1.82) is 0 Å². The van der Waals surface area contributed by atoms with Gasteiger partial charge in [0.05, 0.1) is 12.5 Å². The fourth-order valence-corrected chi connectivity index (χ4v) is 7.57. The van der Waals surface area contributed by atoms with Gasteiger partial charge in [-0.05, 0) is 84.8 Å². The van der Waals surface area contributed by atoms with Crippen molar-refractivity contribution in [3.05, 3.63) is 24.3 Å². The fraction of sp³-hybridized carbons (Fsp3) is 0.880. The van der Waals surface area contributed by atoms with Gasteiger partial charge in [0.2, 0.25) is 0 Å². The van der Waals surface area contributed by atoms with Gasteiger partial charge < -0.3 is 33.7 Å². The van der Waals surface area contributed by atoms with Gasteiger partial charge in [-0.25, -0.2) is 0 Å². The van der Waals surface area contributed by atoms with E-state index in [1.54, 1.807) is 0 Å². The Bertz CT molecular complexity index is 1000. The van der Waals surface area contributed by atoms with Gasteiger partial charge in [-0.1, -0.05) is 141 Å². The summed E-state index contributed by atoms with van der Waals surface area (Å²) in [7, 11) is 3.97. The monoisotopic (exact) mass is 836 g/mol. The second kappa shape index (κ2) is 40.3. The normalized spacial score (nSPS) is 17.8. The minimum Gasteiger partial charge on any atom is -0.462 e. The van der Waals surface area contributed by atoms with E-state index >= 15 is 0 Å². The number of hydrogen-bond acceptors (Lipinski definition) is 9. The summed E-state index contributed by atoms with van der Waals surface area (Å²) in [4.78, 5) is 28.1. The lowest BCUT2D eigenvalue weighted by atomic mass is 9.92. The minimum absolute atomic E-state index is 0.185. The zero-order valence-electron chi connectivity index (χ0n) is 39.0. The molecule has 0 amide bonds. The molecule has 0 heterocycles. The topological polar surface area (TPSA) is 104 Å². The summed E-state index contributed by atoms with van der Waals surface area (Å²) in [6.07, 6.45) is 37.1. The van der Waals surface area contributed by atoms with E-state index < -0.39 is 24.8 Å². The Morgan fingerprint density at radius 1 is 0.559 bits per heavy atom. The Balaban J connectivity index is 2.60. The smallest absolute Gasteiger partial charge is 0.306 e. The van der Waals surface area contributed by atoms with Crippen LogP contribution in [0, 0.1) is 0 Å². The second-order valence-corrected chi connectivity index (χ2v) is 17.3. The number of hydrogen-bond donors (Lipinski definition) is 1. The Labute approximate surface area is 363 Å². The molecule has 0 spiro atoms. The lowest BCUT2D eigenvalue weighted by Crippen LogP contribution is -2.40. The average molecular weight is 836 g/mol. The van der Waals surface area contributed by atoms with Crippen LogP contribution < -0.4 is 0 Å². The largest absolute Gasteiger partial charge is 0.462 e. The van der Waals surface area contributed by atoms with Crippen molar-refractivity contribution in [3.8, 4) is 0 Å². The molecule has 59 heavy (non-hydrogen) atoms. The summed E-state index contributed by atoms with van der Waals surface area (Å²) in [6, 6.07) is 0.